The summed E-state index contributed by atoms with van der Waals surface area (Å²) in [6.45, 7) is 8.03. The Labute approximate surface area is 316 Å². The molecule has 3 N–H and O–H groups in total. The van der Waals surface area contributed by atoms with Crippen molar-refractivity contribution in [3.05, 3.63) is 54.8 Å². The lowest BCUT2D eigenvalue weighted by atomic mass is 9.83. The fourth-order valence-electron chi connectivity index (χ4n) is 8.13. The van der Waals surface area contributed by atoms with E-state index in [1.54, 1.807) is 6.20 Å². The number of aromatic nitrogens is 1. The van der Waals surface area contributed by atoms with Gasteiger partial charge in [-0.2, -0.15) is 0 Å². The molecule has 1 aromatic carbocycles. The minimum absolute atomic E-state index is 0.0156. The number of nitrogens with zero attached hydrogens (tertiary/aromatic N) is 2. The first-order chi connectivity index (χ1) is 25.8. The van der Waals surface area contributed by atoms with Crippen LogP contribution in [0.1, 0.15) is 90.0 Å². The third kappa shape index (κ3) is 8.13. The van der Waals surface area contributed by atoms with Crippen LogP contribution in [0.5, 0.6) is 5.88 Å². The third-order valence-electron chi connectivity index (χ3n) is 11.7. The Morgan fingerprint density at radius 1 is 1.09 bits per heavy atom. The second-order valence-corrected chi connectivity index (χ2v) is 18.4. The standard InChI is InChI=1S/C40H51N5O8S/c1-4-28-22-40(28,37(48)44-54(50,51)30-15-16-30)43-34(46)32-21-29-23-45(32)36(47)33(27-11-6-5-7-12-27)42-38(49)52-24-39(2,3)18-9-8-10-25-13-14-26-17-19-41-35(53-29)31(26)20-25/h4,8,10,13-14,17,19-20,27-30,32-33H,1,5-7,9,11-12,15-16,18,21-24H2,2-3H3,(H,42,49)(H,43,46)(H,44,48)/b10-8+/t28?,29-,32+,33+,40-/m1/s1. The Morgan fingerprint density at radius 3 is 2.59 bits per heavy atom. The van der Waals surface area contributed by atoms with Gasteiger partial charge < -0.3 is 25.0 Å². The van der Waals surface area contributed by atoms with Crippen LogP contribution in [0.4, 0.5) is 4.79 Å². The van der Waals surface area contributed by atoms with Gasteiger partial charge in [-0.05, 0) is 79.4 Å². The van der Waals surface area contributed by atoms with Gasteiger partial charge in [-0.3, -0.25) is 19.1 Å². The summed E-state index contributed by atoms with van der Waals surface area (Å²) in [5.74, 6) is -2.19. The lowest BCUT2D eigenvalue weighted by molar-refractivity contribution is -0.142. The van der Waals surface area contributed by atoms with E-state index in [0.717, 1.165) is 61.3 Å². The van der Waals surface area contributed by atoms with Crippen LogP contribution < -0.4 is 20.1 Å². The highest BCUT2D eigenvalue weighted by Crippen LogP contribution is 2.45. The Bertz CT molecular complexity index is 1960. The summed E-state index contributed by atoms with van der Waals surface area (Å²) in [6, 6.07) is 5.85. The number of carbonyl (C=O) groups excluding carboxylic acids is 4. The van der Waals surface area contributed by atoms with Crippen molar-refractivity contribution in [3.63, 3.8) is 0 Å². The number of cyclic esters (lactones) is 1. The van der Waals surface area contributed by atoms with E-state index in [1.807, 2.05) is 44.2 Å². The quantitative estimate of drug-likeness (QED) is 0.337. The van der Waals surface area contributed by atoms with Gasteiger partial charge in [0, 0.05) is 23.9 Å². The van der Waals surface area contributed by atoms with Crippen molar-refractivity contribution in [2.75, 3.05) is 13.2 Å². The molecule has 2 aromatic rings. The molecule has 14 heteroatoms. The summed E-state index contributed by atoms with van der Waals surface area (Å²) in [4.78, 5) is 62.2. The highest BCUT2D eigenvalue weighted by Gasteiger charge is 2.62. The molecule has 13 nitrogen and oxygen atoms in total. The van der Waals surface area contributed by atoms with Gasteiger partial charge in [-0.25, -0.2) is 18.2 Å². The number of sulfonamides is 1. The van der Waals surface area contributed by atoms with E-state index in [1.165, 1.54) is 11.0 Å². The van der Waals surface area contributed by atoms with Crippen LogP contribution in [-0.4, -0.2) is 84.2 Å². The predicted octanol–water partition coefficient (Wildman–Crippen LogP) is 4.76. The highest BCUT2D eigenvalue weighted by molar-refractivity contribution is 7.91. The minimum atomic E-state index is -3.89. The van der Waals surface area contributed by atoms with Crippen molar-refractivity contribution in [1.82, 2.24) is 25.2 Å². The second-order valence-electron chi connectivity index (χ2n) is 16.5. The fourth-order valence-corrected chi connectivity index (χ4v) is 9.50. The number of amides is 4. The van der Waals surface area contributed by atoms with E-state index in [9.17, 15) is 27.6 Å². The number of carbonyl (C=O) groups is 4. The van der Waals surface area contributed by atoms with Gasteiger partial charge in [-0.1, -0.05) is 63.5 Å². The van der Waals surface area contributed by atoms with Gasteiger partial charge in [0.15, 0.2) is 0 Å². The lowest BCUT2D eigenvalue weighted by Crippen LogP contribution is -2.59. The first kappa shape index (κ1) is 37.8. The number of hydrogen-bond acceptors (Lipinski definition) is 9. The van der Waals surface area contributed by atoms with Crippen LogP contribution in [0, 0.1) is 17.3 Å². The number of rotatable bonds is 7. The topological polar surface area (TPSA) is 173 Å². The van der Waals surface area contributed by atoms with Crippen molar-refractivity contribution >= 4 is 50.7 Å². The van der Waals surface area contributed by atoms with Crippen LogP contribution >= 0.6 is 0 Å². The number of benzene rings is 1. The molecule has 4 fully saturated rings. The number of allylic oxidation sites excluding steroid dienone is 1. The summed E-state index contributed by atoms with van der Waals surface area (Å²) >= 11 is 0. The fraction of sp³-hybridized carbons (Fsp3) is 0.575. The Hall–Kier alpha value is -4.46. The van der Waals surface area contributed by atoms with Gasteiger partial charge in [0.25, 0.3) is 5.91 Å². The zero-order valence-electron chi connectivity index (χ0n) is 31.1. The van der Waals surface area contributed by atoms with Crippen molar-refractivity contribution in [3.8, 4) is 5.88 Å². The number of nitrogens with one attached hydrogen (secondary N) is 3. The van der Waals surface area contributed by atoms with Gasteiger partial charge in [0.05, 0.1) is 18.4 Å². The molecular weight excluding hydrogens is 711 g/mol. The molecule has 0 radical (unpaired) electrons. The lowest BCUT2D eigenvalue weighted by Gasteiger charge is -2.35. The molecule has 7 rings (SSSR count). The molecule has 3 saturated carbocycles. The van der Waals surface area contributed by atoms with Crippen LogP contribution in [0.2, 0.25) is 0 Å². The first-order valence-electron chi connectivity index (χ1n) is 19.2. The maximum Gasteiger partial charge on any atom is 0.407 e. The molecule has 3 heterocycles. The van der Waals surface area contributed by atoms with Crippen LogP contribution in [0.3, 0.4) is 0 Å². The third-order valence-corrected chi connectivity index (χ3v) is 13.5. The van der Waals surface area contributed by atoms with Crippen molar-refractivity contribution < 1.29 is 37.1 Å². The zero-order chi connectivity index (χ0) is 38.3. The second kappa shape index (κ2) is 15.0. The van der Waals surface area contributed by atoms with Gasteiger partial charge in [-0.15, -0.1) is 6.58 Å². The summed E-state index contributed by atoms with van der Waals surface area (Å²) in [6.07, 6.45) is 12.9. The van der Waals surface area contributed by atoms with Crippen LogP contribution in [0.25, 0.3) is 16.8 Å². The van der Waals surface area contributed by atoms with E-state index in [4.69, 9.17) is 9.47 Å². The molecule has 5 atom stereocenters. The zero-order valence-corrected chi connectivity index (χ0v) is 31.9. The molecule has 54 heavy (non-hydrogen) atoms. The predicted molar refractivity (Wildman–Crippen MR) is 202 cm³/mol. The Morgan fingerprint density at radius 2 is 1.87 bits per heavy atom. The van der Waals surface area contributed by atoms with Gasteiger partial charge in [0.1, 0.15) is 23.7 Å². The molecule has 4 bridgehead atoms. The molecule has 1 saturated heterocycles. The van der Waals surface area contributed by atoms with E-state index < -0.39 is 68.7 Å². The maximum absolute atomic E-state index is 14.8. The summed E-state index contributed by atoms with van der Waals surface area (Å²) in [5.41, 5.74) is -0.907. The first-order valence-corrected chi connectivity index (χ1v) is 20.8. The normalized spacial score (nSPS) is 29.8. The monoisotopic (exact) mass is 761 g/mol. The molecular formula is C40H51N5O8S. The van der Waals surface area contributed by atoms with Gasteiger partial charge in [0.2, 0.25) is 27.7 Å². The average Bonchev–Trinajstić information content (AvgIpc) is 4.08. The number of alkyl carbamates (subject to hydrolysis) is 1. The summed E-state index contributed by atoms with van der Waals surface area (Å²) < 4.78 is 40.0. The number of ether oxygens (including phenoxy) is 2. The van der Waals surface area contributed by atoms with E-state index in [0.29, 0.717) is 18.7 Å². The Balaban J connectivity index is 1.22. The van der Waals surface area contributed by atoms with Gasteiger partial charge >= 0.3 is 6.09 Å². The Kier molecular flexibility index (Phi) is 10.5. The number of fused-ring (bicyclic) bond motifs is 3. The smallest absolute Gasteiger partial charge is 0.407 e. The number of pyridine rings is 1. The van der Waals surface area contributed by atoms with Crippen molar-refractivity contribution in [2.24, 2.45) is 17.3 Å². The van der Waals surface area contributed by atoms with Crippen LogP contribution in [-0.2, 0) is 29.1 Å². The molecule has 0 spiro atoms. The largest absolute Gasteiger partial charge is 0.472 e. The van der Waals surface area contributed by atoms with E-state index in [-0.39, 0.29) is 37.3 Å². The van der Waals surface area contributed by atoms with E-state index in [2.05, 4.69) is 33.0 Å². The molecule has 3 aliphatic carbocycles. The number of hydrogen-bond donors (Lipinski definition) is 3. The van der Waals surface area contributed by atoms with E-state index >= 15 is 0 Å². The summed E-state index contributed by atoms with van der Waals surface area (Å²) in [7, 11) is -3.89. The SMILES string of the molecule is C=CC1C[C@]1(NC(=O)[C@@H]1C[C@@H]2CN1C(=O)[C@H](C1CCCCC1)NC(=O)OCC(C)(C)CC/C=C/c1ccc3ccnc(c3c1)O2)C(=O)NS(=O)(=O)C1CC1. The van der Waals surface area contributed by atoms with Crippen molar-refractivity contribution in [1.29, 1.82) is 0 Å². The molecule has 1 unspecified atom stereocenters. The average molecular weight is 762 g/mol. The molecule has 1 aromatic heterocycles. The summed E-state index contributed by atoms with van der Waals surface area (Å²) in [5, 5.41) is 6.81. The highest BCUT2D eigenvalue weighted by atomic mass is 32.2. The molecule has 290 valence electrons. The maximum atomic E-state index is 14.8. The van der Waals surface area contributed by atoms with Crippen molar-refractivity contribution in [2.45, 2.75) is 113 Å². The molecule has 4 amide bonds. The van der Waals surface area contributed by atoms with Crippen LogP contribution in [0.15, 0.2) is 49.2 Å². The molecule has 5 aliphatic rings. The minimum Gasteiger partial charge on any atom is -0.472 e. The molecule has 2 aliphatic heterocycles.